The molecular weight excluding hydrogens is 304 g/mol. The predicted molar refractivity (Wildman–Crippen MR) is 76.9 cm³/mol. The first-order valence-electron chi connectivity index (χ1n) is 7.92. The van der Waals surface area contributed by atoms with Gasteiger partial charge in [-0.3, -0.25) is 9.59 Å². The van der Waals surface area contributed by atoms with Gasteiger partial charge in [0.1, 0.15) is 0 Å². The van der Waals surface area contributed by atoms with Crippen molar-refractivity contribution in [1.29, 1.82) is 0 Å². The van der Waals surface area contributed by atoms with Crippen LogP contribution in [0.3, 0.4) is 0 Å². The third kappa shape index (κ3) is 2.75. The number of rotatable bonds is 6. The number of carbonyl (C=O) groups excluding carboxylic acids is 2. The van der Waals surface area contributed by atoms with Crippen molar-refractivity contribution >= 4 is 11.9 Å². The highest BCUT2D eigenvalue weighted by molar-refractivity contribution is 5.83. The standard InChI is InChI=1S/C16H24O7/c1-20-9-22-12(17)14-3-11-4-15(6-14,13(18)23-10-21-2)8-16(19,5-11)7-14/h11,19H,3-10H2,1-2H3. The topological polar surface area (TPSA) is 91.3 Å². The van der Waals surface area contributed by atoms with Crippen LogP contribution in [-0.2, 0) is 28.5 Å². The molecule has 2 unspecified atom stereocenters. The number of ether oxygens (including phenoxy) is 4. The highest BCUT2D eigenvalue weighted by Crippen LogP contribution is 2.67. The molecule has 4 fully saturated rings. The molecular formula is C16H24O7. The molecule has 130 valence electrons. The number of aliphatic hydroxyl groups is 1. The van der Waals surface area contributed by atoms with Gasteiger partial charge in [0.25, 0.3) is 0 Å². The van der Waals surface area contributed by atoms with Gasteiger partial charge in [-0.1, -0.05) is 0 Å². The van der Waals surface area contributed by atoms with Gasteiger partial charge in [-0.05, 0) is 44.4 Å². The Morgan fingerprint density at radius 3 is 1.78 bits per heavy atom. The van der Waals surface area contributed by atoms with E-state index in [1.54, 1.807) is 0 Å². The Labute approximate surface area is 135 Å². The van der Waals surface area contributed by atoms with E-state index in [0.717, 1.165) is 0 Å². The number of esters is 2. The minimum absolute atomic E-state index is 0.120. The molecule has 0 heterocycles. The van der Waals surface area contributed by atoms with Gasteiger partial charge in [0.15, 0.2) is 13.6 Å². The van der Waals surface area contributed by atoms with Crippen LogP contribution in [0.4, 0.5) is 0 Å². The van der Waals surface area contributed by atoms with Crippen molar-refractivity contribution in [2.75, 3.05) is 27.8 Å². The zero-order chi connectivity index (χ0) is 16.7. The third-order valence-electron chi connectivity index (χ3n) is 5.52. The Bertz CT molecular complexity index is 467. The molecule has 4 bridgehead atoms. The van der Waals surface area contributed by atoms with Crippen molar-refractivity contribution in [2.45, 2.75) is 44.1 Å². The van der Waals surface area contributed by atoms with Crippen LogP contribution in [0.5, 0.6) is 0 Å². The van der Waals surface area contributed by atoms with Crippen LogP contribution in [-0.4, -0.2) is 50.5 Å². The molecule has 0 aromatic carbocycles. The normalized spacial score (nSPS) is 40.9. The average Bonchev–Trinajstić information content (AvgIpc) is 2.47. The van der Waals surface area contributed by atoms with Crippen LogP contribution in [0.25, 0.3) is 0 Å². The molecule has 7 heteroatoms. The maximum atomic E-state index is 12.6. The molecule has 4 aliphatic carbocycles. The van der Waals surface area contributed by atoms with E-state index in [0.29, 0.717) is 38.5 Å². The molecule has 0 aromatic rings. The summed E-state index contributed by atoms with van der Waals surface area (Å²) in [4.78, 5) is 25.2. The average molecular weight is 328 g/mol. The first-order valence-corrected chi connectivity index (χ1v) is 7.92. The molecule has 4 aliphatic rings. The van der Waals surface area contributed by atoms with Gasteiger partial charge in [0.05, 0.1) is 16.4 Å². The number of methoxy groups -OCH3 is 2. The minimum atomic E-state index is -1.00. The maximum Gasteiger partial charge on any atom is 0.314 e. The van der Waals surface area contributed by atoms with E-state index in [-0.39, 0.29) is 31.4 Å². The molecule has 4 saturated carbocycles. The predicted octanol–water partition coefficient (Wildman–Crippen LogP) is 0.982. The van der Waals surface area contributed by atoms with Crippen molar-refractivity contribution in [2.24, 2.45) is 16.7 Å². The summed E-state index contributed by atoms with van der Waals surface area (Å²) in [6.07, 6.45) is 2.99. The van der Waals surface area contributed by atoms with Crippen molar-refractivity contribution < 1.29 is 33.6 Å². The lowest BCUT2D eigenvalue weighted by atomic mass is 9.42. The molecule has 4 rings (SSSR count). The van der Waals surface area contributed by atoms with Crippen LogP contribution in [0.2, 0.25) is 0 Å². The number of hydrogen-bond acceptors (Lipinski definition) is 7. The minimum Gasteiger partial charge on any atom is -0.438 e. The smallest absolute Gasteiger partial charge is 0.314 e. The Kier molecular flexibility index (Phi) is 4.14. The van der Waals surface area contributed by atoms with Gasteiger partial charge in [-0.25, -0.2) is 0 Å². The lowest BCUT2D eigenvalue weighted by molar-refractivity contribution is -0.231. The Hall–Kier alpha value is -1.18. The summed E-state index contributed by atoms with van der Waals surface area (Å²) in [5.41, 5.74) is -2.64. The third-order valence-corrected chi connectivity index (χ3v) is 5.52. The van der Waals surface area contributed by atoms with Crippen molar-refractivity contribution in [1.82, 2.24) is 0 Å². The summed E-state index contributed by atoms with van der Waals surface area (Å²) in [5.74, 6) is -0.641. The molecule has 0 saturated heterocycles. The maximum absolute atomic E-state index is 12.6. The van der Waals surface area contributed by atoms with E-state index in [1.165, 1.54) is 14.2 Å². The van der Waals surface area contributed by atoms with Gasteiger partial charge in [-0.2, -0.15) is 0 Å². The van der Waals surface area contributed by atoms with Crippen LogP contribution < -0.4 is 0 Å². The lowest BCUT2D eigenvalue weighted by Gasteiger charge is -2.62. The lowest BCUT2D eigenvalue weighted by Crippen LogP contribution is -2.64. The van der Waals surface area contributed by atoms with Crippen molar-refractivity contribution in [3.8, 4) is 0 Å². The molecule has 2 atom stereocenters. The second kappa shape index (κ2) is 5.72. The highest BCUT2D eigenvalue weighted by atomic mass is 16.7. The Balaban J connectivity index is 1.87. The summed E-state index contributed by atoms with van der Waals surface area (Å²) in [5, 5.41) is 10.9. The number of hydrogen-bond donors (Lipinski definition) is 1. The zero-order valence-corrected chi connectivity index (χ0v) is 13.6. The zero-order valence-electron chi connectivity index (χ0n) is 13.6. The summed E-state index contributed by atoms with van der Waals surface area (Å²) < 4.78 is 20.0. The first kappa shape index (κ1) is 16.7. The fourth-order valence-corrected chi connectivity index (χ4v) is 5.37. The molecule has 0 amide bonds. The van der Waals surface area contributed by atoms with Crippen LogP contribution in [0, 0.1) is 16.7 Å². The largest absolute Gasteiger partial charge is 0.438 e. The van der Waals surface area contributed by atoms with E-state index < -0.39 is 16.4 Å². The van der Waals surface area contributed by atoms with Crippen LogP contribution in [0.15, 0.2) is 0 Å². The van der Waals surface area contributed by atoms with E-state index in [9.17, 15) is 14.7 Å². The second-order valence-corrected chi connectivity index (χ2v) is 7.47. The molecule has 0 aliphatic heterocycles. The molecule has 23 heavy (non-hydrogen) atoms. The molecule has 7 nitrogen and oxygen atoms in total. The van der Waals surface area contributed by atoms with E-state index in [4.69, 9.17) is 18.9 Å². The monoisotopic (exact) mass is 328 g/mol. The number of carbonyl (C=O) groups is 2. The fraction of sp³-hybridized carbons (Fsp3) is 0.875. The van der Waals surface area contributed by atoms with Gasteiger partial charge in [0, 0.05) is 14.2 Å². The first-order chi connectivity index (χ1) is 10.9. The van der Waals surface area contributed by atoms with Crippen molar-refractivity contribution in [3.63, 3.8) is 0 Å². The van der Waals surface area contributed by atoms with Gasteiger partial charge < -0.3 is 24.1 Å². The van der Waals surface area contributed by atoms with Gasteiger partial charge in [-0.15, -0.1) is 0 Å². The molecule has 0 spiro atoms. The summed E-state index contributed by atoms with van der Waals surface area (Å²) in [6.45, 7) is -0.240. The van der Waals surface area contributed by atoms with Gasteiger partial charge in [0.2, 0.25) is 0 Å². The van der Waals surface area contributed by atoms with Crippen molar-refractivity contribution in [3.05, 3.63) is 0 Å². The van der Waals surface area contributed by atoms with Gasteiger partial charge >= 0.3 is 11.9 Å². The quantitative estimate of drug-likeness (QED) is 0.574. The summed E-state index contributed by atoms with van der Waals surface area (Å²) >= 11 is 0. The molecule has 0 radical (unpaired) electrons. The Morgan fingerprint density at radius 1 is 0.913 bits per heavy atom. The second-order valence-electron chi connectivity index (χ2n) is 7.47. The van der Waals surface area contributed by atoms with E-state index in [2.05, 4.69) is 0 Å². The fourth-order valence-electron chi connectivity index (χ4n) is 5.37. The van der Waals surface area contributed by atoms with E-state index >= 15 is 0 Å². The summed E-state index contributed by atoms with van der Waals surface area (Å²) in [6, 6.07) is 0. The molecule has 0 aromatic heterocycles. The molecule has 1 N–H and O–H groups in total. The SMILES string of the molecule is COCOC(=O)C12CC3CC(O)(C1)CC(C(=O)OCOC)(C3)C2. The Morgan fingerprint density at radius 2 is 1.39 bits per heavy atom. The van der Waals surface area contributed by atoms with Crippen LogP contribution in [0.1, 0.15) is 38.5 Å². The highest BCUT2D eigenvalue weighted by Gasteiger charge is 2.68. The van der Waals surface area contributed by atoms with E-state index in [1.807, 2.05) is 0 Å². The summed E-state index contributed by atoms with van der Waals surface area (Å²) in [7, 11) is 2.90. The van der Waals surface area contributed by atoms with Crippen LogP contribution >= 0.6 is 0 Å².